The van der Waals surface area contributed by atoms with Crippen LogP contribution < -0.4 is 5.32 Å². The van der Waals surface area contributed by atoms with Gasteiger partial charge in [0.15, 0.2) is 5.82 Å². The first-order valence-electron chi connectivity index (χ1n) is 7.86. The lowest BCUT2D eigenvalue weighted by Crippen LogP contribution is -2.38. The standard InChI is InChI=1S/C16H22N6/c1-12(2)22-10-4-3-5-14(22)13-6-7-19-16(20-13)21-15-11-17-8-9-18-15/h6-9,11-12,14H,3-5,10H2,1-2H3,(H,18,19,20,21)/t14-/m1/s1. The highest BCUT2D eigenvalue weighted by Gasteiger charge is 2.27. The lowest BCUT2D eigenvalue weighted by Gasteiger charge is -2.38. The summed E-state index contributed by atoms with van der Waals surface area (Å²) in [5.74, 6) is 1.23. The van der Waals surface area contributed by atoms with Gasteiger partial charge in [0.2, 0.25) is 5.95 Å². The number of hydrogen-bond donors (Lipinski definition) is 1. The number of hydrogen-bond acceptors (Lipinski definition) is 6. The summed E-state index contributed by atoms with van der Waals surface area (Å²) in [6.45, 7) is 5.63. The van der Waals surface area contributed by atoms with Crippen LogP contribution in [0.2, 0.25) is 0 Å². The van der Waals surface area contributed by atoms with Crippen LogP contribution in [-0.4, -0.2) is 37.4 Å². The molecule has 0 spiro atoms. The molecule has 0 unspecified atom stereocenters. The molecule has 0 saturated carbocycles. The third kappa shape index (κ3) is 3.39. The molecule has 2 aromatic heterocycles. The minimum Gasteiger partial charge on any atom is -0.307 e. The highest BCUT2D eigenvalue weighted by molar-refractivity contribution is 5.45. The fourth-order valence-corrected chi connectivity index (χ4v) is 2.99. The fourth-order valence-electron chi connectivity index (χ4n) is 2.99. The molecule has 3 heterocycles. The fraction of sp³-hybridized carbons (Fsp3) is 0.500. The van der Waals surface area contributed by atoms with Gasteiger partial charge in [-0.2, -0.15) is 0 Å². The SMILES string of the molecule is CC(C)N1CCCC[C@@H]1c1ccnc(Nc2cnccn2)n1. The van der Waals surface area contributed by atoms with Crippen molar-refractivity contribution in [2.24, 2.45) is 0 Å². The van der Waals surface area contributed by atoms with E-state index in [1.165, 1.54) is 12.8 Å². The molecule has 3 rings (SSSR count). The number of rotatable bonds is 4. The van der Waals surface area contributed by atoms with E-state index in [0.717, 1.165) is 18.7 Å². The molecule has 1 aliphatic heterocycles. The summed E-state index contributed by atoms with van der Waals surface area (Å²) < 4.78 is 0. The highest BCUT2D eigenvalue weighted by Crippen LogP contribution is 2.31. The molecule has 1 atom stereocenters. The van der Waals surface area contributed by atoms with Crippen LogP contribution in [0, 0.1) is 0 Å². The second-order valence-corrected chi connectivity index (χ2v) is 5.86. The van der Waals surface area contributed by atoms with Gasteiger partial charge < -0.3 is 5.32 Å². The van der Waals surface area contributed by atoms with Gasteiger partial charge in [-0.15, -0.1) is 0 Å². The van der Waals surface area contributed by atoms with Gasteiger partial charge in [-0.3, -0.25) is 9.88 Å². The topological polar surface area (TPSA) is 66.8 Å². The van der Waals surface area contributed by atoms with E-state index in [4.69, 9.17) is 4.98 Å². The molecule has 1 fully saturated rings. The molecule has 6 heteroatoms. The van der Waals surface area contributed by atoms with E-state index in [9.17, 15) is 0 Å². The maximum Gasteiger partial charge on any atom is 0.228 e. The van der Waals surface area contributed by atoms with Crippen LogP contribution in [0.3, 0.4) is 0 Å². The average molecular weight is 298 g/mol. The van der Waals surface area contributed by atoms with Gasteiger partial charge in [0.1, 0.15) is 0 Å². The molecule has 116 valence electrons. The molecule has 6 nitrogen and oxygen atoms in total. The number of likely N-dealkylation sites (tertiary alicyclic amines) is 1. The Labute approximate surface area is 131 Å². The molecule has 2 aromatic rings. The zero-order chi connectivity index (χ0) is 15.4. The predicted octanol–water partition coefficient (Wildman–Crippen LogP) is 2.95. The van der Waals surface area contributed by atoms with E-state index >= 15 is 0 Å². The van der Waals surface area contributed by atoms with Crippen LogP contribution >= 0.6 is 0 Å². The van der Waals surface area contributed by atoms with Gasteiger partial charge in [-0.05, 0) is 39.3 Å². The molecule has 1 N–H and O–H groups in total. The molecule has 0 aromatic carbocycles. The Balaban J connectivity index is 1.81. The monoisotopic (exact) mass is 298 g/mol. The molecule has 1 saturated heterocycles. The minimum atomic E-state index is 0.374. The summed E-state index contributed by atoms with van der Waals surface area (Å²) in [6, 6.07) is 2.92. The Kier molecular flexibility index (Phi) is 4.58. The quantitative estimate of drug-likeness (QED) is 0.936. The van der Waals surface area contributed by atoms with E-state index < -0.39 is 0 Å². The Morgan fingerprint density at radius 1 is 1.18 bits per heavy atom. The summed E-state index contributed by atoms with van der Waals surface area (Å²) in [7, 11) is 0. The number of piperidine rings is 1. The van der Waals surface area contributed by atoms with Gasteiger partial charge in [-0.1, -0.05) is 6.42 Å². The van der Waals surface area contributed by atoms with Crippen molar-refractivity contribution in [3.8, 4) is 0 Å². The van der Waals surface area contributed by atoms with Gasteiger partial charge in [0.05, 0.1) is 17.9 Å². The Morgan fingerprint density at radius 3 is 2.86 bits per heavy atom. The summed E-state index contributed by atoms with van der Waals surface area (Å²) in [4.78, 5) is 19.7. The molecule has 22 heavy (non-hydrogen) atoms. The normalized spacial score (nSPS) is 19.3. The summed E-state index contributed by atoms with van der Waals surface area (Å²) in [5, 5.41) is 3.11. The number of aromatic nitrogens is 4. The largest absolute Gasteiger partial charge is 0.307 e. The first-order valence-corrected chi connectivity index (χ1v) is 7.86. The van der Waals surface area contributed by atoms with E-state index in [2.05, 4.69) is 39.0 Å². The van der Waals surface area contributed by atoms with E-state index in [1.807, 2.05) is 12.3 Å². The molecule has 0 amide bonds. The van der Waals surface area contributed by atoms with Crippen molar-refractivity contribution in [3.05, 3.63) is 36.5 Å². The van der Waals surface area contributed by atoms with E-state index in [0.29, 0.717) is 23.8 Å². The summed E-state index contributed by atoms with van der Waals surface area (Å²) >= 11 is 0. The smallest absolute Gasteiger partial charge is 0.228 e. The summed E-state index contributed by atoms with van der Waals surface area (Å²) in [6.07, 6.45) is 10.4. The van der Waals surface area contributed by atoms with Gasteiger partial charge in [0, 0.05) is 24.6 Å². The lowest BCUT2D eigenvalue weighted by molar-refractivity contribution is 0.109. The zero-order valence-corrected chi connectivity index (χ0v) is 13.1. The van der Waals surface area contributed by atoms with Crippen LogP contribution in [0.1, 0.15) is 44.8 Å². The Morgan fingerprint density at radius 2 is 2.09 bits per heavy atom. The van der Waals surface area contributed by atoms with Crippen LogP contribution in [-0.2, 0) is 0 Å². The molecule has 0 bridgehead atoms. The molecule has 0 aliphatic carbocycles. The number of anilines is 2. The van der Waals surface area contributed by atoms with Crippen LogP contribution in [0.15, 0.2) is 30.9 Å². The molecular formula is C16H22N6. The van der Waals surface area contributed by atoms with E-state index in [1.54, 1.807) is 18.6 Å². The number of nitrogens with zero attached hydrogens (tertiary/aromatic N) is 5. The highest BCUT2D eigenvalue weighted by atomic mass is 15.2. The van der Waals surface area contributed by atoms with E-state index in [-0.39, 0.29) is 0 Å². The van der Waals surface area contributed by atoms with Crippen molar-refractivity contribution in [3.63, 3.8) is 0 Å². The van der Waals surface area contributed by atoms with Crippen LogP contribution in [0.25, 0.3) is 0 Å². The van der Waals surface area contributed by atoms with Crippen LogP contribution in [0.5, 0.6) is 0 Å². The molecule has 0 radical (unpaired) electrons. The van der Waals surface area contributed by atoms with Gasteiger partial charge in [0.25, 0.3) is 0 Å². The predicted molar refractivity (Wildman–Crippen MR) is 85.8 cm³/mol. The van der Waals surface area contributed by atoms with Crippen molar-refractivity contribution >= 4 is 11.8 Å². The van der Waals surface area contributed by atoms with Crippen molar-refractivity contribution in [2.45, 2.75) is 45.2 Å². The van der Waals surface area contributed by atoms with Crippen LogP contribution in [0.4, 0.5) is 11.8 Å². The second kappa shape index (κ2) is 6.79. The van der Waals surface area contributed by atoms with Crippen molar-refractivity contribution in [1.82, 2.24) is 24.8 Å². The Hall–Kier alpha value is -2.08. The molecular weight excluding hydrogens is 276 g/mol. The maximum atomic E-state index is 4.69. The van der Waals surface area contributed by atoms with Crippen molar-refractivity contribution in [1.29, 1.82) is 0 Å². The second-order valence-electron chi connectivity index (χ2n) is 5.86. The average Bonchev–Trinajstić information content (AvgIpc) is 2.56. The van der Waals surface area contributed by atoms with Gasteiger partial charge in [-0.25, -0.2) is 15.0 Å². The number of nitrogens with one attached hydrogen (secondary N) is 1. The summed E-state index contributed by atoms with van der Waals surface area (Å²) in [5.41, 5.74) is 1.08. The van der Waals surface area contributed by atoms with Crippen molar-refractivity contribution < 1.29 is 0 Å². The first-order chi connectivity index (χ1) is 10.7. The van der Waals surface area contributed by atoms with Gasteiger partial charge >= 0.3 is 0 Å². The molecule has 1 aliphatic rings. The third-order valence-electron chi connectivity index (χ3n) is 4.03. The maximum absolute atomic E-state index is 4.69. The minimum absolute atomic E-state index is 0.374. The first kappa shape index (κ1) is 14.8. The van der Waals surface area contributed by atoms with Crippen molar-refractivity contribution in [2.75, 3.05) is 11.9 Å². The lowest BCUT2D eigenvalue weighted by atomic mass is 9.97. The Bertz CT molecular complexity index is 601. The third-order valence-corrected chi connectivity index (χ3v) is 4.03. The zero-order valence-electron chi connectivity index (χ0n) is 13.1.